The molecule has 0 amide bonds. The fraction of sp³-hybridized carbons (Fsp3) is 0.0909. The van der Waals surface area contributed by atoms with E-state index in [2.05, 4.69) is 5.10 Å². The summed E-state index contributed by atoms with van der Waals surface area (Å²) < 4.78 is 23.4. The number of benzene rings is 2. The predicted molar refractivity (Wildman–Crippen MR) is 117 cm³/mol. The lowest BCUT2D eigenvalue weighted by Crippen LogP contribution is -2.25. The summed E-state index contributed by atoms with van der Waals surface area (Å²) in [5, 5.41) is 8.29. The number of aromatic nitrogens is 2. The topological polar surface area (TPSA) is 69.0 Å². The average Bonchev–Trinajstić information content (AvgIpc) is 3.25. The molecule has 0 saturated carbocycles. The first-order valence-electron chi connectivity index (χ1n) is 8.99. The Morgan fingerprint density at radius 2 is 1.66 bits per heavy atom. The zero-order valence-corrected chi connectivity index (χ0v) is 17.1. The molecule has 0 radical (unpaired) electrons. The molecule has 146 valence electrons. The number of nitrogens with zero attached hydrogens (tertiary/aromatic N) is 2. The number of rotatable bonds is 6. The molecule has 2 heterocycles. The van der Waals surface area contributed by atoms with Crippen molar-refractivity contribution >= 4 is 22.0 Å². The van der Waals surface area contributed by atoms with Crippen LogP contribution in [0.1, 0.15) is 11.1 Å². The molecule has 4 aromatic rings. The van der Waals surface area contributed by atoms with Crippen LogP contribution in [-0.4, -0.2) is 18.2 Å². The second-order valence-corrected chi connectivity index (χ2v) is 8.34. The molecule has 0 aliphatic rings. The summed E-state index contributed by atoms with van der Waals surface area (Å²) in [6.07, 6.45) is 1.71. The van der Waals surface area contributed by atoms with Crippen LogP contribution in [0.4, 0.5) is 0 Å². The van der Waals surface area contributed by atoms with Crippen molar-refractivity contribution in [1.82, 2.24) is 9.78 Å². The van der Waals surface area contributed by atoms with Crippen LogP contribution in [0, 0.1) is 0 Å². The summed E-state index contributed by atoms with van der Waals surface area (Å²) in [4.78, 5) is 13.3. The summed E-state index contributed by atoms with van der Waals surface area (Å²) in [7, 11) is -2.47. The quantitative estimate of drug-likeness (QED) is 0.480. The van der Waals surface area contributed by atoms with Crippen LogP contribution in [0.25, 0.3) is 22.3 Å². The van der Waals surface area contributed by atoms with E-state index in [0.717, 1.165) is 22.3 Å². The van der Waals surface area contributed by atoms with Gasteiger partial charge in [0, 0.05) is 5.56 Å². The van der Waals surface area contributed by atoms with Crippen LogP contribution in [-0.2, 0) is 23.0 Å². The van der Waals surface area contributed by atoms with Gasteiger partial charge in [-0.05, 0) is 39.1 Å². The maximum atomic E-state index is 13.3. The maximum absolute atomic E-state index is 13.3. The molecular formula is C22H18N2O3S2. The largest absolute Gasteiger partial charge is 0.275 e. The van der Waals surface area contributed by atoms with Gasteiger partial charge in [0.05, 0.1) is 24.1 Å². The van der Waals surface area contributed by atoms with E-state index in [9.17, 15) is 13.2 Å². The van der Waals surface area contributed by atoms with Crippen LogP contribution < -0.4 is 5.56 Å². The Kier molecular flexibility index (Phi) is 5.69. The highest BCUT2D eigenvalue weighted by atomic mass is 32.2. The Bertz CT molecular complexity index is 1240. The summed E-state index contributed by atoms with van der Waals surface area (Å²) in [6.45, 7) is 0.395. The molecule has 0 spiro atoms. The normalized spacial score (nSPS) is 11.1. The predicted octanol–water partition coefficient (Wildman–Crippen LogP) is 3.80. The number of hydrogen-bond donors (Lipinski definition) is 1. The molecule has 0 fully saturated rings. The van der Waals surface area contributed by atoms with Crippen LogP contribution >= 0.6 is 11.3 Å². The summed E-state index contributed by atoms with van der Waals surface area (Å²) in [6, 6.07) is 18.9. The highest BCUT2D eigenvalue weighted by Crippen LogP contribution is 2.30. The molecular weight excluding hydrogens is 404 g/mol. The van der Waals surface area contributed by atoms with E-state index in [4.69, 9.17) is 0 Å². The van der Waals surface area contributed by atoms with Crippen molar-refractivity contribution in [2.24, 2.45) is 0 Å². The van der Waals surface area contributed by atoms with Crippen LogP contribution in [0.2, 0.25) is 0 Å². The van der Waals surface area contributed by atoms with E-state index in [-0.39, 0.29) is 11.3 Å². The Labute approximate surface area is 173 Å². The van der Waals surface area contributed by atoms with Crippen molar-refractivity contribution in [3.8, 4) is 22.3 Å². The van der Waals surface area contributed by atoms with E-state index in [0.29, 0.717) is 17.7 Å². The molecule has 0 atom stereocenters. The van der Waals surface area contributed by atoms with Crippen LogP contribution in [0.3, 0.4) is 0 Å². The van der Waals surface area contributed by atoms with Gasteiger partial charge in [0.15, 0.2) is 0 Å². The van der Waals surface area contributed by atoms with Crippen molar-refractivity contribution in [2.75, 3.05) is 0 Å². The van der Waals surface area contributed by atoms with Crippen molar-refractivity contribution in [1.29, 1.82) is 0 Å². The monoisotopic (exact) mass is 422 g/mol. The van der Waals surface area contributed by atoms with Gasteiger partial charge in [-0.3, -0.25) is 4.79 Å². The zero-order chi connectivity index (χ0) is 20.2. The van der Waals surface area contributed by atoms with Crippen molar-refractivity contribution in [3.63, 3.8) is 0 Å². The molecule has 4 rings (SSSR count). The molecule has 5 nitrogen and oxygen atoms in total. The average molecular weight is 423 g/mol. The second-order valence-electron chi connectivity index (χ2n) is 6.58. The van der Waals surface area contributed by atoms with Gasteiger partial charge in [-0.2, -0.15) is 16.4 Å². The van der Waals surface area contributed by atoms with Crippen LogP contribution in [0.15, 0.2) is 82.4 Å². The Morgan fingerprint density at radius 3 is 2.31 bits per heavy atom. The SMILES string of the molecule is O=c1c(-c2ccsc2)c(-c2ccc(C[SH](=O)=O)cc2)cnn1Cc1ccccc1. The summed E-state index contributed by atoms with van der Waals surface area (Å²) in [5.74, 6) is 0.00389. The van der Waals surface area contributed by atoms with Crippen molar-refractivity contribution in [3.05, 3.63) is 99.1 Å². The third-order valence-electron chi connectivity index (χ3n) is 4.61. The standard InChI is InChI=1S/C22H18N2O3S2/c25-22-21(19-10-11-28-14-19)20(18-8-6-17(7-9-18)15-29(26)27)12-23-24(22)13-16-4-2-1-3-5-16/h1-12,14,29H,13,15H2. The number of thiol groups is 1. The smallest absolute Gasteiger partial charge is 0.267 e. The Hall–Kier alpha value is -3.03. The maximum Gasteiger partial charge on any atom is 0.275 e. The molecule has 0 saturated heterocycles. The minimum absolute atomic E-state index is 0.00389. The molecule has 0 aliphatic carbocycles. The van der Waals surface area contributed by atoms with Gasteiger partial charge in [0.1, 0.15) is 10.7 Å². The van der Waals surface area contributed by atoms with E-state index in [1.54, 1.807) is 18.3 Å². The molecule has 0 bridgehead atoms. The first kappa shape index (κ1) is 19.3. The third-order valence-corrected chi connectivity index (χ3v) is 5.91. The molecule has 0 aliphatic heterocycles. The van der Waals surface area contributed by atoms with Gasteiger partial charge >= 0.3 is 0 Å². The molecule has 2 aromatic heterocycles. The highest BCUT2D eigenvalue weighted by molar-refractivity contribution is 7.71. The molecule has 0 unspecified atom stereocenters. The highest BCUT2D eigenvalue weighted by Gasteiger charge is 2.16. The fourth-order valence-corrected chi connectivity index (χ4v) is 4.36. The number of thiophene rings is 1. The van der Waals surface area contributed by atoms with Gasteiger partial charge < -0.3 is 0 Å². The molecule has 2 aromatic carbocycles. The Balaban J connectivity index is 1.80. The van der Waals surface area contributed by atoms with Gasteiger partial charge in [-0.25, -0.2) is 13.1 Å². The molecule has 29 heavy (non-hydrogen) atoms. The molecule has 0 N–H and O–H groups in total. The fourth-order valence-electron chi connectivity index (χ4n) is 3.20. The first-order valence-corrected chi connectivity index (χ1v) is 11.3. The minimum atomic E-state index is -2.47. The lowest BCUT2D eigenvalue weighted by atomic mass is 9.98. The van der Waals surface area contributed by atoms with E-state index >= 15 is 0 Å². The zero-order valence-electron chi connectivity index (χ0n) is 15.4. The molecule has 7 heteroatoms. The van der Waals surface area contributed by atoms with Gasteiger partial charge in [-0.1, -0.05) is 54.6 Å². The van der Waals surface area contributed by atoms with E-state index in [1.807, 2.05) is 59.3 Å². The summed E-state index contributed by atoms with van der Waals surface area (Å²) >= 11 is 1.53. The third kappa shape index (κ3) is 4.36. The van der Waals surface area contributed by atoms with Gasteiger partial charge in [-0.15, -0.1) is 0 Å². The van der Waals surface area contributed by atoms with E-state index in [1.165, 1.54) is 16.0 Å². The lowest BCUT2D eigenvalue weighted by molar-refractivity contribution is 0.614. The van der Waals surface area contributed by atoms with Crippen LogP contribution in [0.5, 0.6) is 0 Å². The first-order chi connectivity index (χ1) is 14.1. The second kappa shape index (κ2) is 8.55. The van der Waals surface area contributed by atoms with Crippen molar-refractivity contribution in [2.45, 2.75) is 12.3 Å². The van der Waals surface area contributed by atoms with Gasteiger partial charge in [0.25, 0.3) is 5.56 Å². The Morgan fingerprint density at radius 1 is 0.897 bits per heavy atom. The minimum Gasteiger partial charge on any atom is -0.267 e. The summed E-state index contributed by atoms with van der Waals surface area (Å²) in [5.41, 5.74) is 4.57. The lowest BCUT2D eigenvalue weighted by Gasteiger charge is -2.12. The number of hydrogen-bond acceptors (Lipinski definition) is 5. The van der Waals surface area contributed by atoms with E-state index < -0.39 is 10.7 Å². The van der Waals surface area contributed by atoms with Crippen molar-refractivity contribution < 1.29 is 8.42 Å². The van der Waals surface area contributed by atoms with Gasteiger partial charge in [0.2, 0.25) is 0 Å².